The van der Waals surface area contributed by atoms with Crippen molar-refractivity contribution in [2.75, 3.05) is 5.32 Å². The molecular formula is C20H25BrN2O. The number of anilines is 1. The van der Waals surface area contributed by atoms with E-state index in [-0.39, 0.29) is 18.0 Å². The van der Waals surface area contributed by atoms with Crippen LogP contribution in [0.25, 0.3) is 0 Å². The van der Waals surface area contributed by atoms with Crippen LogP contribution in [0, 0.1) is 12.8 Å². The van der Waals surface area contributed by atoms with Crippen molar-refractivity contribution >= 4 is 27.5 Å². The largest absolute Gasteiger partial charge is 0.324 e. The molecule has 2 unspecified atom stereocenters. The van der Waals surface area contributed by atoms with Crippen molar-refractivity contribution in [1.82, 2.24) is 5.32 Å². The topological polar surface area (TPSA) is 41.1 Å². The van der Waals surface area contributed by atoms with Gasteiger partial charge in [-0.25, -0.2) is 0 Å². The SMILES string of the molecule is Cc1ccc(NC(=O)C(C)NC(c2ccccc2)C(C)C)c(Br)c1. The van der Waals surface area contributed by atoms with Gasteiger partial charge in [0.1, 0.15) is 0 Å². The number of carbonyl (C=O) groups excluding carboxylic acids is 1. The number of hydrogen-bond donors (Lipinski definition) is 2. The zero-order valence-electron chi connectivity index (χ0n) is 14.6. The lowest BCUT2D eigenvalue weighted by atomic mass is 9.95. The monoisotopic (exact) mass is 388 g/mol. The Bertz CT molecular complexity index is 685. The van der Waals surface area contributed by atoms with Crippen molar-refractivity contribution in [2.24, 2.45) is 5.92 Å². The summed E-state index contributed by atoms with van der Waals surface area (Å²) < 4.78 is 0.895. The number of carbonyl (C=O) groups is 1. The minimum atomic E-state index is -0.300. The fraction of sp³-hybridized carbons (Fsp3) is 0.350. The maximum absolute atomic E-state index is 12.5. The van der Waals surface area contributed by atoms with E-state index in [1.165, 1.54) is 5.56 Å². The van der Waals surface area contributed by atoms with Gasteiger partial charge in [0.25, 0.3) is 0 Å². The van der Waals surface area contributed by atoms with E-state index in [1.54, 1.807) is 0 Å². The van der Waals surface area contributed by atoms with Crippen LogP contribution < -0.4 is 10.6 Å². The molecule has 0 radical (unpaired) electrons. The number of nitrogens with one attached hydrogen (secondary N) is 2. The molecule has 0 aliphatic carbocycles. The molecule has 0 bridgehead atoms. The number of halogens is 1. The fourth-order valence-electron chi connectivity index (χ4n) is 2.64. The number of aryl methyl sites for hydroxylation is 1. The summed E-state index contributed by atoms with van der Waals surface area (Å²) in [5, 5.41) is 6.44. The zero-order chi connectivity index (χ0) is 17.7. The van der Waals surface area contributed by atoms with Crippen molar-refractivity contribution in [1.29, 1.82) is 0 Å². The Kier molecular flexibility index (Phi) is 6.58. The lowest BCUT2D eigenvalue weighted by Crippen LogP contribution is -2.41. The van der Waals surface area contributed by atoms with E-state index in [2.05, 4.69) is 52.5 Å². The smallest absolute Gasteiger partial charge is 0.241 e. The van der Waals surface area contributed by atoms with Crippen LogP contribution in [0.5, 0.6) is 0 Å². The lowest BCUT2D eigenvalue weighted by Gasteiger charge is -2.26. The second-order valence-electron chi connectivity index (χ2n) is 6.49. The highest BCUT2D eigenvalue weighted by atomic mass is 79.9. The van der Waals surface area contributed by atoms with Gasteiger partial charge in [-0.15, -0.1) is 0 Å². The maximum atomic E-state index is 12.5. The van der Waals surface area contributed by atoms with Crippen molar-refractivity contribution in [3.63, 3.8) is 0 Å². The molecule has 2 atom stereocenters. The Labute approximate surface area is 153 Å². The molecule has 0 aromatic heterocycles. The summed E-state index contributed by atoms with van der Waals surface area (Å²) in [5.41, 5.74) is 3.14. The lowest BCUT2D eigenvalue weighted by molar-refractivity contribution is -0.118. The van der Waals surface area contributed by atoms with E-state index in [4.69, 9.17) is 0 Å². The molecule has 2 aromatic carbocycles. The van der Waals surface area contributed by atoms with Crippen molar-refractivity contribution in [2.45, 2.75) is 39.8 Å². The summed E-state index contributed by atoms with van der Waals surface area (Å²) in [4.78, 5) is 12.5. The molecule has 128 valence electrons. The van der Waals surface area contributed by atoms with Gasteiger partial charge in [-0.3, -0.25) is 10.1 Å². The molecule has 2 rings (SSSR count). The predicted octanol–water partition coefficient (Wildman–Crippen LogP) is 5.07. The third-order valence-electron chi connectivity index (χ3n) is 4.03. The zero-order valence-corrected chi connectivity index (χ0v) is 16.2. The highest BCUT2D eigenvalue weighted by Crippen LogP contribution is 2.25. The summed E-state index contributed by atoms with van der Waals surface area (Å²) in [6.07, 6.45) is 0. The molecule has 0 saturated heterocycles. The normalized spacial score (nSPS) is 13.6. The Balaban J connectivity index is 2.06. The summed E-state index contributed by atoms with van der Waals surface area (Å²) in [6, 6.07) is 16.0. The van der Waals surface area contributed by atoms with Gasteiger partial charge in [-0.1, -0.05) is 50.2 Å². The van der Waals surface area contributed by atoms with E-state index in [0.29, 0.717) is 5.92 Å². The van der Waals surface area contributed by atoms with Crippen LogP contribution in [-0.2, 0) is 4.79 Å². The number of benzene rings is 2. The van der Waals surface area contributed by atoms with Crippen LogP contribution in [0.1, 0.15) is 37.9 Å². The van der Waals surface area contributed by atoms with Gasteiger partial charge in [0.05, 0.1) is 11.7 Å². The number of hydrogen-bond acceptors (Lipinski definition) is 2. The van der Waals surface area contributed by atoms with Gasteiger partial charge in [0.2, 0.25) is 5.91 Å². The number of rotatable bonds is 6. The fourth-order valence-corrected chi connectivity index (χ4v) is 3.23. The van der Waals surface area contributed by atoms with Gasteiger partial charge in [0.15, 0.2) is 0 Å². The first-order valence-electron chi connectivity index (χ1n) is 8.26. The molecule has 1 amide bonds. The Morgan fingerprint density at radius 1 is 1.04 bits per heavy atom. The maximum Gasteiger partial charge on any atom is 0.241 e. The van der Waals surface area contributed by atoms with Crippen LogP contribution in [0.3, 0.4) is 0 Å². The summed E-state index contributed by atoms with van der Waals surface area (Å²) in [7, 11) is 0. The van der Waals surface area contributed by atoms with E-state index >= 15 is 0 Å². The van der Waals surface area contributed by atoms with Crippen LogP contribution in [0.2, 0.25) is 0 Å². The predicted molar refractivity (Wildman–Crippen MR) is 104 cm³/mol. The van der Waals surface area contributed by atoms with Gasteiger partial charge in [-0.05, 0) is 59.0 Å². The summed E-state index contributed by atoms with van der Waals surface area (Å²) >= 11 is 3.50. The van der Waals surface area contributed by atoms with E-state index < -0.39 is 0 Å². The van der Waals surface area contributed by atoms with Crippen LogP contribution >= 0.6 is 15.9 Å². The molecule has 3 nitrogen and oxygen atoms in total. The summed E-state index contributed by atoms with van der Waals surface area (Å²) in [5.74, 6) is 0.342. The van der Waals surface area contributed by atoms with Crippen LogP contribution in [0.15, 0.2) is 53.0 Å². The second-order valence-corrected chi connectivity index (χ2v) is 7.35. The molecule has 2 N–H and O–H groups in total. The number of amides is 1. The van der Waals surface area contributed by atoms with Gasteiger partial charge < -0.3 is 5.32 Å². The van der Waals surface area contributed by atoms with Gasteiger partial charge >= 0.3 is 0 Å². The quantitative estimate of drug-likeness (QED) is 0.724. The molecule has 0 fully saturated rings. The Morgan fingerprint density at radius 2 is 1.71 bits per heavy atom. The molecule has 0 saturated carbocycles. The molecule has 0 spiro atoms. The molecule has 0 aliphatic rings. The molecular weight excluding hydrogens is 364 g/mol. The highest BCUT2D eigenvalue weighted by Gasteiger charge is 2.22. The van der Waals surface area contributed by atoms with Crippen molar-refractivity contribution in [3.05, 3.63) is 64.1 Å². The minimum Gasteiger partial charge on any atom is -0.324 e. The molecule has 2 aromatic rings. The van der Waals surface area contributed by atoms with Gasteiger partial charge in [0, 0.05) is 10.5 Å². The van der Waals surface area contributed by atoms with Crippen LogP contribution in [-0.4, -0.2) is 11.9 Å². The second kappa shape index (κ2) is 8.45. The van der Waals surface area contributed by atoms with E-state index in [1.807, 2.05) is 50.2 Å². The minimum absolute atomic E-state index is 0.0406. The molecule has 0 aliphatic heterocycles. The third-order valence-corrected chi connectivity index (χ3v) is 4.69. The average molecular weight is 389 g/mol. The van der Waals surface area contributed by atoms with Gasteiger partial charge in [-0.2, -0.15) is 0 Å². The third kappa shape index (κ3) is 4.92. The van der Waals surface area contributed by atoms with Crippen molar-refractivity contribution in [3.8, 4) is 0 Å². The first-order valence-corrected chi connectivity index (χ1v) is 9.05. The molecule has 0 heterocycles. The Hall–Kier alpha value is -1.65. The van der Waals surface area contributed by atoms with E-state index in [9.17, 15) is 4.79 Å². The summed E-state index contributed by atoms with van der Waals surface area (Å²) in [6.45, 7) is 8.24. The molecule has 4 heteroatoms. The molecule has 24 heavy (non-hydrogen) atoms. The van der Waals surface area contributed by atoms with E-state index in [0.717, 1.165) is 15.7 Å². The average Bonchev–Trinajstić information content (AvgIpc) is 2.55. The van der Waals surface area contributed by atoms with Crippen LogP contribution in [0.4, 0.5) is 5.69 Å². The standard InChI is InChI=1S/C20H25BrN2O/c1-13(2)19(16-8-6-5-7-9-16)22-15(4)20(24)23-18-11-10-14(3)12-17(18)21/h5-13,15,19,22H,1-4H3,(H,23,24). The Morgan fingerprint density at radius 3 is 2.29 bits per heavy atom. The highest BCUT2D eigenvalue weighted by molar-refractivity contribution is 9.10. The van der Waals surface area contributed by atoms with Crippen molar-refractivity contribution < 1.29 is 4.79 Å². The first kappa shape index (κ1) is 18.7. The first-order chi connectivity index (χ1) is 11.4.